The molecule has 1 aromatic heterocycles. The number of hydrogen-bond donors (Lipinski definition) is 0. The molecule has 20 heavy (non-hydrogen) atoms. The van der Waals surface area contributed by atoms with Gasteiger partial charge in [0.05, 0.1) is 22.8 Å². The van der Waals surface area contributed by atoms with Gasteiger partial charge in [-0.1, -0.05) is 6.07 Å². The van der Waals surface area contributed by atoms with Gasteiger partial charge in [0, 0.05) is 6.20 Å². The number of rotatable bonds is 3. The molecule has 0 aliphatic rings. The number of benzene rings is 1. The summed E-state index contributed by atoms with van der Waals surface area (Å²) < 4.78 is 51.2. The highest BCUT2D eigenvalue weighted by Crippen LogP contribution is 2.21. The Morgan fingerprint density at radius 3 is 2.65 bits per heavy atom. The maximum atomic E-state index is 13.0. The average Bonchev–Trinajstić information content (AvgIpc) is 2.80. The van der Waals surface area contributed by atoms with E-state index in [4.69, 9.17) is 0 Å². The quantitative estimate of drug-likeness (QED) is 0.626. The first kappa shape index (κ1) is 14.7. The summed E-state index contributed by atoms with van der Waals surface area (Å²) in [5.41, 5.74) is 0.103. The fourth-order valence-electron chi connectivity index (χ4n) is 1.56. The van der Waals surface area contributed by atoms with Gasteiger partial charge in [0.2, 0.25) is 0 Å². The largest absolute Gasteiger partial charge is 0.454 e. The zero-order valence-corrected chi connectivity index (χ0v) is 11.4. The molecule has 0 saturated carbocycles. The van der Waals surface area contributed by atoms with Crippen molar-refractivity contribution in [1.82, 2.24) is 9.78 Å². The Morgan fingerprint density at radius 2 is 2.05 bits per heavy atom. The maximum Gasteiger partial charge on any atom is 0.454 e. The minimum atomic E-state index is -4.92. The molecular formula is C12H7BrF4N2O. The molecule has 3 nitrogen and oxygen atoms in total. The van der Waals surface area contributed by atoms with Crippen molar-refractivity contribution in [3.63, 3.8) is 0 Å². The third kappa shape index (κ3) is 3.24. The Balaban J connectivity index is 2.17. The van der Waals surface area contributed by atoms with Crippen LogP contribution in [0.2, 0.25) is 0 Å². The Hall–Kier alpha value is -1.70. The lowest BCUT2D eigenvalue weighted by Gasteiger charge is -2.03. The molecule has 1 aromatic carbocycles. The standard InChI is InChI=1S/C12H7BrF4N2O/c13-9-3-7(1-2-10(9)14)5-19-6-8(4-18-19)11(20)12(15,16)17/h1-4,6H,5H2. The lowest BCUT2D eigenvalue weighted by atomic mass is 10.2. The van der Waals surface area contributed by atoms with Crippen molar-refractivity contribution in [2.75, 3.05) is 0 Å². The van der Waals surface area contributed by atoms with Crippen LogP contribution in [0.3, 0.4) is 0 Å². The van der Waals surface area contributed by atoms with Crippen molar-refractivity contribution in [2.45, 2.75) is 12.7 Å². The van der Waals surface area contributed by atoms with Gasteiger partial charge >= 0.3 is 6.18 Å². The number of ketones is 1. The average molecular weight is 351 g/mol. The summed E-state index contributed by atoms with van der Waals surface area (Å²) in [6.07, 6.45) is -3.06. The molecular weight excluding hydrogens is 344 g/mol. The molecule has 0 unspecified atom stereocenters. The number of aromatic nitrogens is 2. The van der Waals surface area contributed by atoms with Crippen LogP contribution in [0.5, 0.6) is 0 Å². The smallest absolute Gasteiger partial charge is 0.284 e. The number of alkyl halides is 3. The first-order valence-corrected chi connectivity index (χ1v) is 6.14. The van der Waals surface area contributed by atoms with E-state index in [1.165, 1.54) is 22.9 Å². The van der Waals surface area contributed by atoms with Crippen molar-refractivity contribution in [3.8, 4) is 0 Å². The Bertz CT molecular complexity index is 651. The van der Waals surface area contributed by atoms with Crippen LogP contribution in [-0.4, -0.2) is 21.7 Å². The molecule has 0 spiro atoms. The monoisotopic (exact) mass is 350 g/mol. The van der Waals surface area contributed by atoms with E-state index in [0.29, 0.717) is 5.56 Å². The topological polar surface area (TPSA) is 34.9 Å². The second-order valence-corrected chi connectivity index (χ2v) is 4.86. The first-order chi connectivity index (χ1) is 9.27. The molecule has 106 valence electrons. The van der Waals surface area contributed by atoms with Crippen LogP contribution < -0.4 is 0 Å². The molecule has 0 atom stereocenters. The molecule has 2 aromatic rings. The van der Waals surface area contributed by atoms with Crippen LogP contribution in [0.15, 0.2) is 35.1 Å². The zero-order valence-electron chi connectivity index (χ0n) is 9.79. The van der Waals surface area contributed by atoms with Crippen molar-refractivity contribution in [1.29, 1.82) is 0 Å². The lowest BCUT2D eigenvalue weighted by molar-refractivity contribution is -0.0885. The molecule has 0 radical (unpaired) electrons. The van der Waals surface area contributed by atoms with E-state index >= 15 is 0 Å². The van der Waals surface area contributed by atoms with E-state index < -0.39 is 23.3 Å². The van der Waals surface area contributed by atoms with Gasteiger partial charge in [0.1, 0.15) is 5.82 Å². The summed E-state index contributed by atoms with van der Waals surface area (Å²) in [6, 6.07) is 4.19. The van der Waals surface area contributed by atoms with Crippen molar-refractivity contribution in [2.24, 2.45) is 0 Å². The number of carbonyl (C=O) groups is 1. The predicted octanol–water partition coefficient (Wildman–Crippen LogP) is 3.58. The minimum Gasteiger partial charge on any atom is -0.284 e. The van der Waals surface area contributed by atoms with Gasteiger partial charge in [-0.2, -0.15) is 18.3 Å². The number of carbonyl (C=O) groups excluding carboxylic acids is 1. The second-order valence-electron chi connectivity index (χ2n) is 4.00. The van der Waals surface area contributed by atoms with Crippen molar-refractivity contribution < 1.29 is 22.4 Å². The molecule has 0 aliphatic carbocycles. The fraction of sp³-hybridized carbons (Fsp3) is 0.167. The normalized spacial score (nSPS) is 11.7. The van der Waals surface area contributed by atoms with Crippen LogP contribution >= 0.6 is 15.9 Å². The Labute approximate surface area is 119 Å². The third-order valence-electron chi connectivity index (χ3n) is 2.48. The molecule has 0 saturated heterocycles. The number of halogens is 5. The number of nitrogens with zero attached hydrogens (tertiary/aromatic N) is 2. The van der Waals surface area contributed by atoms with E-state index in [1.54, 1.807) is 0 Å². The summed E-state index contributed by atoms with van der Waals surface area (Å²) in [5, 5.41) is 3.68. The van der Waals surface area contributed by atoms with Gasteiger partial charge in [0.15, 0.2) is 0 Å². The van der Waals surface area contributed by atoms with Crippen LogP contribution in [0.4, 0.5) is 17.6 Å². The SMILES string of the molecule is O=C(c1cnn(Cc2ccc(F)c(Br)c2)c1)C(F)(F)F. The van der Waals surface area contributed by atoms with E-state index in [2.05, 4.69) is 21.0 Å². The highest BCUT2D eigenvalue weighted by atomic mass is 79.9. The van der Waals surface area contributed by atoms with Gasteiger partial charge in [0.25, 0.3) is 5.78 Å². The predicted molar refractivity (Wildman–Crippen MR) is 65.8 cm³/mol. The van der Waals surface area contributed by atoms with Gasteiger partial charge in [-0.15, -0.1) is 0 Å². The Kier molecular flexibility index (Phi) is 3.94. The lowest BCUT2D eigenvalue weighted by Crippen LogP contribution is -2.22. The highest BCUT2D eigenvalue weighted by Gasteiger charge is 2.39. The van der Waals surface area contributed by atoms with Gasteiger partial charge in [-0.3, -0.25) is 9.48 Å². The highest BCUT2D eigenvalue weighted by molar-refractivity contribution is 9.10. The summed E-state index contributed by atoms with van der Waals surface area (Å²) in [7, 11) is 0. The van der Waals surface area contributed by atoms with E-state index in [-0.39, 0.29) is 11.0 Å². The Morgan fingerprint density at radius 1 is 1.35 bits per heavy atom. The summed E-state index contributed by atoms with van der Waals surface area (Å²) in [6.45, 7) is 0.129. The third-order valence-corrected chi connectivity index (χ3v) is 3.09. The van der Waals surface area contributed by atoms with Crippen molar-refractivity contribution in [3.05, 3.63) is 52.0 Å². The molecule has 0 amide bonds. The van der Waals surface area contributed by atoms with Crippen molar-refractivity contribution >= 4 is 21.7 Å². The van der Waals surface area contributed by atoms with Crippen LogP contribution in [0.1, 0.15) is 15.9 Å². The molecule has 2 rings (SSSR count). The van der Waals surface area contributed by atoms with Gasteiger partial charge in [-0.25, -0.2) is 4.39 Å². The van der Waals surface area contributed by atoms with E-state index in [0.717, 1.165) is 12.4 Å². The van der Waals surface area contributed by atoms with Crippen LogP contribution in [0, 0.1) is 5.82 Å². The van der Waals surface area contributed by atoms with Gasteiger partial charge < -0.3 is 0 Å². The molecule has 0 bridgehead atoms. The first-order valence-electron chi connectivity index (χ1n) is 5.35. The van der Waals surface area contributed by atoms with E-state index in [9.17, 15) is 22.4 Å². The number of hydrogen-bond acceptors (Lipinski definition) is 2. The maximum absolute atomic E-state index is 13.0. The molecule has 0 N–H and O–H groups in total. The molecule has 0 aliphatic heterocycles. The molecule has 8 heteroatoms. The van der Waals surface area contributed by atoms with Gasteiger partial charge in [-0.05, 0) is 33.6 Å². The van der Waals surface area contributed by atoms with E-state index in [1.807, 2.05) is 0 Å². The number of Topliss-reactive ketones (excluding diaryl/α,β-unsaturated/α-hetero) is 1. The fourth-order valence-corrected chi connectivity index (χ4v) is 1.98. The molecule has 0 fully saturated rings. The summed E-state index contributed by atoms with van der Waals surface area (Å²) >= 11 is 3.01. The minimum absolute atomic E-state index is 0.129. The second kappa shape index (κ2) is 5.35. The summed E-state index contributed by atoms with van der Waals surface area (Å²) in [4.78, 5) is 11.0. The van der Waals surface area contributed by atoms with Crippen LogP contribution in [0.25, 0.3) is 0 Å². The molecule has 1 heterocycles. The van der Waals surface area contributed by atoms with Crippen LogP contribution in [-0.2, 0) is 6.54 Å². The summed E-state index contributed by atoms with van der Waals surface area (Å²) in [5.74, 6) is -2.38. The zero-order chi connectivity index (χ0) is 14.9.